The maximum absolute atomic E-state index is 11.3. The van der Waals surface area contributed by atoms with Gasteiger partial charge in [0, 0.05) is 0 Å². The fraction of sp³-hybridized carbons (Fsp3) is 0.188. The molecule has 5 N–H and O–H groups in total. The smallest absolute Gasteiger partial charge is 0.329 e. The summed E-state index contributed by atoms with van der Waals surface area (Å²) in [6.45, 7) is 0. The van der Waals surface area contributed by atoms with Crippen molar-refractivity contribution in [3.05, 3.63) is 59.7 Å². The molecule has 2 aromatic rings. The summed E-state index contributed by atoms with van der Waals surface area (Å²) in [5.41, 5.74) is 8.25. The zero-order valence-corrected chi connectivity index (χ0v) is 13.2. The molecule has 0 aliphatic carbocycles. The molecule has 0 amide bonds. The molecule has 0 bridgehead atoms. The lowest BCUT2D eigenvalue weighted by Crippen LogP contribution is -2.32. The van der Waals surface area contributed by atoms with E-state index in [4.69, 9.17) is 10.8 Å². The van der Waals surface area contributed by atoms with Crippen LogP contribution in [0.2, 0.25) is 0 Å². The average molecular weight is 335 g/mol. The van der Waals surface area contributed by atoms with Gasteiger partial charge in [0.15, 0.2) is 0 Å². The van der Waals surface area contributed by atoms with E-state index in [1.54, 1.807) is 48.5 Å². The predicted molar refractivity (Wildman–Crippen MR) is 86.9 cm³/mol. The number of hydrogen-bond acceptors (Lipinski definition) is 3. The van der Waals surface area contributed by atoms with Crippen LogP contribution in [0.15, 0.2) is 48.5 Å². The van der Waals surface area contributed by atoms with Crippen LogP contribution in [-0.2, 0) is 21.9 Å². The van der Waals surface area contributed by atoms with Crippen molar-refractivity contribution in [2.24, 2.45) is 5.73 Å². The van der Waals surface area contributed by atoms with Crippen molar-refractivity contribution in [3.8, 4) is 11.1 Å². The molecule has 1 atom stereocenters. The molecule has 0 spiro atoms. The van der Waals surface area contributed by atoms with E-state index >= 15 is 0 Å². The van der Waals surface area contributed by atoms with Crippen molar-refractivity contribution in [2.75, 3.05) is 0 Å². The Balaban J connectivity index is 2.47. The van der Waals surface area contributed by atoms with Crippen molar-refractivity contribution in [1.29, 1.82) is 0 Å². The molecule has 0 fully saturated rings. The van der Waals surface area contributed by atoms with E-state index in [2.05, 4.69) is 0 Å². The van der Waals surface area contributed by atoms with Gasteiger partial charge in [-0.15, -0.1) is 0 Å². The highest BCUT2D eigenvalue weighted by Crippen LogP contribution is 2.42. The monoisotopic (exact) mass is 335 g/mol. The van der Waals surface area contributed by atoms with Gasteiger partial charge >= 0.3 is 13.6 Å². The van der Waals surface area contributed by atoms with E-state index < -0.39 is 19.6 Å². The van der Waals surface area contributed by atoms with E-state index in [9.17, 15) is 19.1 Å². The Morgan fingerprint density at radius 1 is 1.00 bits per heavy atom. The van der Waals surface area contributed by atoms with Gasteiger partial charge in [-0.3, -0.25) is 9.36 Å². The minimum absolute atomic E-state index is 0.135. The molecule has 0 saturated heterocycles. The number of carbonyl (C=O) groups is 1. The molecule has 0 radical (unpaired) electrons. The highest BCUT2D eigenvalue weighted by atomic mass is 31.2. The second-order valence-electron chi connectivity index (χ2n) is 5.29. The lowest BCUT2D eigenvalue weighted by molar-refractivity contribution is -0.138. The molecule has 0 aliphatic heterocycles. The van der Waals surface area contributed by atoms with Gasteiger partial charge < -0.3 is 20.6 Å². The van der Waals surface area contributed by atoms with Crippen LogP contribution < -0.4 is 5.73 Å². The molecule has 2 rings (SSSR count). The van der Waals surface area contributed by atoms with Gasteiger partial charge in [-0.1, -0.05) is 48.5 Å². The first-order valence-electron chi connectivity index (χ1n) is 6.97. The standard InChI is InChI=1S/C16H18NO5P/c17-15(16(18)19)9-11-5-1-3-7-13(11)14-8-4-2-6-12(14)10-23(20,21)22/h1-8,15H,9-10,17H2,(H,18,19)(H2,20,21,22). The van der Waals surface area contributed by atoms with Crippen molar-refractivity contribution in [3.63, 3.8) is 0 Å². The Labute approximate surface area is 133 Å². The minimum atomic E-state index is -4.21. The Bertz CT molecular complexity index is 756. The van der Waals surface area contributed by atoms with Crippen LogP contribution in [0.5, 0.6) is 0 Å². The van der Waals surface area contributed by atoms with E-state index in [0.29, 0.717) is 11.1 Å². The number of hydrogen-bond donors (Lipinski definition) is 4. The summed E-state index contributed by atoms with van der Waals surface area (Å²) in [5, 5.41) is 8.98. The van der Waals surface area contributed by atoms with Crippen LogP contribution in [-0.4, -0.2) is 26.9 Å². The van der Waals surface area contributed by atoms with Crippen LogP contribution in [0.1, 0.15) is 11.1 Å². The molecule has 0 heterocycles. The quantitative estimate of drug-likeness (QED) is 0.599. The van der Waals surface area contributed by atoms with Crippen molar-refractivity contribution >= 4 is 13.6 Å². The van der Waals surface area contributed by atoms with Crippen LogP contribution in [0, 0.1) is 0 Å². The highest BCUT2D eigenvalue weighted by Gasteiger charge is 2.19. The summed E-state index contributed by atoms with van der Waals surface area (Å²) in [6, 6.07) is 13.0. The van der Waals surface area contributed by atoms with Crippen molar-refractivity contribution < 1.29 is 24.3 Å². The van der Waals surface area contributed by atoms with E-state index in [0.717, 1.165) is 11.1 Å². The molecular weight excluding hydrogens is 317 g/mol. The van der Waals surface area contributed by atoms with Gasteiger partial charge in [-0.25, -0.2) is 0 Å². The average Bonchev–Trinajstić information content (AvgIpc) is 2.47. The summed E-state index contributed by atoms with van der Waals surface area (Å²) in [4.78, 5) is 29.5. The largest absolute Gasteiger partial charge is 0.480 e. The molecule has 1 unspecified atom stereocenters. The van der Waals surface area contributed by atoms with Crippen LogP contribution in [0.4, 0.5) is 0 Å². The predicted octanol–water partition coefficient (Wildman–Crippen LogP) is 1.99. The number of rotatable bonds is 6. The molecule has 0 saturated carbocycles. The summed E-state index contributed by atoms with van der Waals surface area (Å²) in [6.07, 6.45) is -0.238. The van der Waals surface area contributed by atoms with Crippen molar-refractivity contribution in [1.82, 2.24) is 0 Å². The van der Waals surface area contributed by atoms with Crippen LogP contribution in [0.3, 0.4) is 0 Å². The summed E-state index contributed by atoms with van der Waals surface area (Å²) >= 11 is 0. The van der Waals surface area contributed by atoms with Gasteiger partial charge in [0.05, 0.1) is 6.16 Å². The van der Waals surface area contributed by atoms with Gasteiger partial charge in [0.25, 0.3) is 0 Å². The Morgan fingerprint density at radius 2 is 1.48 bits per heavy atom. The second kappa shape index (κ2) is 7.06. The maximum Gasteiger partial charge on any atom is 0.329 e. The van der Waals surface area contributed by atoms with Crippen LogP contribution in [0.25, 0.3) is 11.1 Å². The first-order valence-corrected chi connectivity index (χ1v) is 8.77. The number of nitrogens with two attached hydrogens (primary N) is 1. The Morgan fingerprint density at radius 3 is 2.00 bits per heavy atom. The first-order chi connectivity index (χ1) is 10.8. The molecule has 122 valence electrons. The molecule has 6 nitrogen and oxygen atoms in total. The normalized spacial score (nSPS) is 12.8. The first kappa shape index (κ1) is 17.4. The zero-order valence-electron chi connectivity index (χ0n) is 12.3. The van der Waals surface area contributed by atoms with Gasteiger partial charge in [0.1, 0.15) is 6.04 Å². The molecule has 0 aromatic heterocycles. The highest BCUT2D eigenvalue weighted by molar-refractivity contribution is 7.50. The summed E-state index contributed by atoms with van der Waals surface area (Å²) < 4.78 is 11.3. The van der Waals surface area contributed by atoms with Crippen LogP contribution >= 0.6 is 7.60 Å². The Kier molecular flexibility index (Phi) is 5.34. The fourth-order valence-corrected chi connectivity index (χ4v) is 3.15. The molecule has 0 aliphatic rings. The third-order valence-electron chi connectivity index (χ3n) is 3.46. The fourth-order valence-electron chi connectivity index (χ4n) is 2.43. The van der Waals surface area contributed by atoms with Gasteiger partial charge in [-0.05, 0) is 28.7 Å². The minimum Gasteiger partial charge on any atom is -0.480 e. The lowest BCUT2D eigenvalue weighted by atomic mass is 9.93. The topological polar surface area (TPSA) is 121 Å². The third kappa shape index (κ3) is 4.74. The second-order valence-corrected chi connectivity index (χ2v) is 6.93. The molecule has 23 heavy (non-hydrogen) atoms. The number of carboxylic acids is 1. The summed E-state index contributed by atoms with van der Waals surface area (Å²) in [7, 11) is -4.21. The van der Waals surface area contributed by atoms with Gasteiger partial charge in [-0.2, -0.15) is 0 Å². The van der Waals surface area contributed by atoms with E-state index in [1.807, 2.05) is 0 Å². The third-order valence-corrected chi connectivity index (χ3v) is 4.21. The van der Waals surface area contributed by atoms with Gasteiger partial charge in [0.2, 0.25) is 0 Å². The molecule has 2 aromatic carbocycles. The maximum atomic E-state index is 11.3. The Hall–Kier alpha value is -1.98. The van der Waals surface area contributed by atoms with Crippen molar-refractivity contribution in [2.45, 2.75) is 18.6 Å². The molecule has 7 heteroatoms. The number of carboxylic acid groups (broad SMARTS) is 1. The SMILES string of the molecule is NC(Cc1ccccc1-c1ccccc1CP(=O)(O)O)C(=O)O. The number of benzene rings is 2. The van der Waals surface area contributed by atoms with E-state index in [1.165, 1.54) is 0 Å². The molecular formula is C16H18NO5P. The zero-order chi connectivity index (χ0) is 17.0. The van der Waals surface area contributed by atoms with E-state index in [-0.39, 0.29) is 12.6 Å². The number of aliphatic carboxylic acids is 1. The summed E-state index contributed by atoms with van der Waals surface area (Å²) in [5.74, 6) is -1.09. The lowest BCUT2D eigenvalue weighted by Gasteiger charge is -2.15.